The number of piperidine rings is 1. The molecule has 1 aromatic carbocycles. The first-order valence-corrected chi connectivity index (χ1v) is 11.5. The van der Waals surface area contributed by atoms with Gasteiger partial charge in [0, 0.05) is 42.0 Å². The molecular formula is C24H33N5O2S. The summed E-state index contributed by atoms with van der Waals surface area (Å²) < 4.78 is 5.55. The molecule has 1 saturated heterocycles. The number of hydrogen-bond acceptors (Lipinski definition) is 6. The minimum atomic E-state index is -0.154. The van der Waals surface area contributed by atoms with Crippen molar-refractivity contribution in [2.45, 2.75) is 57.7 Å². The van der Waals surface area contributed by atoms with Crippen molar-refractivity contribution >= 4 is 22.0 Å². The number of rotatable bonds is 4. The highest BCUT2D eigenvalue weighted by atomic mass is 32.2. The number of hydrogen-bond donors (Lipinski definition) is 4. The number of benzene rings is 1. The molecule has 172 valence electrons. The van der Waals surface area contributed by atoms with Crippen LogP contribution in [0.2, 0.25) is 0 Å². The van der Waals surface area contributed by atoms with Gasteiger partial charge in [0.25, 0.3) is 0 Å². The Kier molecular flexibility index (Phi) is 6.86. The van der Waals surface area contributed by atoms with Gasteiger partial charge in [0.2, 0.25) is 5.56 Å². The summed E-state index contributed by atoms with van der Waals surface area (Å²) in [6, 6.07) is 9.03. The molecule has 0 bridgehead atoms. The second-order valence-electron chi connectivity index (χ2n) is 9.66. The van der Waals surface area contributed by atoms with E-state index in [0.717, 1.165) is 35.7 Å². The molecule has 0 radical (unpaired) electrons. The maximum Gasteiger partial charge on any atom is 0.247 e. The van der Waals surface area contributed by atoms with Gasteiger partial charge < -0.3 is 19.9 Å². The van der Waals surface area contributed by atoms with Gasteiger partial charge in [0.15, 0.2) is 5.17 Å². The molecule has 4 N–H and O–H groups in total. The number of aromatic nitrogens is 1. The van der Waals surface area contributed by atoms with E-state index in [1.807, 2.05) is 30.1 Å². The lowest BCUT2D eigenvalue weighted by molar-refractivity contribution is 0.114. The van der Waals surface area contributed by atoms with Crippen molar-refractivity contribution in [2.75, 3.05) is 14.2 Å². The molecule has 2 aromatic rings. The van der Waals surface area contributed by atoms with Crippen LogP contribution in [0.5, 0.6) is 5.75 Å². The minimum absolute atomic E-state index is 0.0140. The number of thioether (sulfide) groups is 1. The minimum Gasteiger partial charge on any atom is -0.496 e. The van der Waals surface area contributed by atoms with Crippen molar-refractivity contribution in [3.8, 4) is 16.9 Å². The van der Waals surface area contributed by atoms with Crippen molar-refractivity contribution < 1.29 is 4.74 Å². The number of pyridine rings is 1. The Labute approximate surface area is 194 Å². The quantitative estimate of drug-likeness (QED) is 0.407. The van der Waals surface area contributed by atoms with Crippen LogP contribution >= 0.6 is 11.8 Å². The first-order chi connectivity index (χ1) is 14.9. The Morgan fingerprint density at radius 3 is 2.28 bits per heavy atom. The normalized spacial score (nSPS) is 17.6. The molecule has 8 heteroatoms. The molecule has 0 atom stereocenters. The van der Waals surface area contributed by atoms with E-state index in [-0.39, 0.29) is 27.7 Å². The van der Waals surface area contributed by atoms with Gasteiger partial charge in [-0.2, -0.15) is 0 Å². The SMILES string of the molecule is COc1cc(-c2ccc(=O)[nH]c2)ccc1C(=N)SC(=N)N(C)C1CC(C)(C)NC(C)(C)C1. The maximum absolute atomic E-state index is 11.3. The summed E-state index contributed by atoms with van der Waals surface area (Å²) in [6.07, 6.45) is 3.52. The molecule has 0 aliphatic carbocycles. The van der Waals surface area contributed by atoms with Crippen LogP contribution in [0.3, 0.4) is 0 Å². The molecule has 0 spiro atoms. The molecule has 1 aromatic heterocycles. The molecular weight excluding hydrogens is 422 g/mol. The van der Waals surface area contributed by atoms with Crippen LogP contribution in [-0.2, 0) is 0 Å². The summed E-state index contributed by atoms with van der Waals surface area (Å²) in [4.78, 5) is 16.0. The number of nitrogens with one attached hydrogen (secondary N) is 4. The molecule has 1 fully saturated rings. The van der Waals surface area contributed by atoms with Gasteiger partial charge in [-0.1, -0.05) is 6.07 Å². The van der Waals surface area contributed by atoms with Crippen molar-refractivity contribution in [2.24, 2.45) is 0 Å². The van der Waals surface area contributed by atoms with Crippen LogP contribution in [-0.4, -0.2) is 51.4 Å². The van der Waals surface area contributed by atoms with Crippen LogP contribution in [0.4, 0.5) is 0 Å². The summed E-state index contributed by atoms with van der Waals surface area (Å²) in [5, 5.41) is 21.6. The number of methoxy groups -OCH3 is 1. The molecule has 3 rings (SSSR count). The lowest BCUT2D eigenvalue weighted by atomic mass is 9.79. The van der Waals surface area contributed by atoms with E-state index in [4.69, 9.17) is 15.6 Å². The Morgan fingerprint density at radius 1 is 1.09 bits per heavy atom. The van der Waals surface area contributed by atoms with Crippen molar-refractivity contribution in [1.29, 1.82) is 10.8 Å². The van der Waals surface area contributed by atoms with Gasteiger partial charge in [0.05, 0.1) is 7.11 Å². The zero-order valence-corrected chi connectivity index (χ0v) is 20.4. The summed E-state index contributed by atoms with van der Waals surface area (Å²) in [7, 11) is 3.52. The summed E-state index contributed by atoms with van der Waals surface area (Å²) in [6.45, 7) is 8.79. The monoisotopic (exact) mass is 455 g/mol. The van der Waals surface area contributed by atoms with Gasteiger partial charge in [0.1, 0.15) is 10.8 Å². The maximum atomic E-state index is 11.3. The molecule has 0 amide bonds. The first kappa shape index (κ1) is 24.1. The highest BCUT2D eigenvalue weighted by Crippen LogP contribution is 2.33. The van der Waals surface area contributed by atoms with Crippen LogP contribution < -0.4 is 15.6 Å². The van der Waals surface area contributed by atoms with Crippen LogP contribution in [0.1, 0.15) is 46.1 Å². The first-order valence-electron chi connectivity index (χ1n) is 10.7. The van der Waals surface area contributed by atoms with E-state index in [1.54, 1.807) is 19.4 Å². The summed E-state index contributed by atoms with van der Waals surface area (Å²) in [5.74, 6) is 0.561. The predicted molar refractivity (Wildman–Crippen MR) is 133 cm³/mol. The second kappa shape index (κ2) is 9.11. The third-order valence-corrected chi connectivity index (χ3v) is 6.70. The summed E-state index contributed by atoms with van der Waals surface area (Å²) in [5.41, 5.74) is 2.19. The van der Waals surface area contributed by atoms with E-state index in [2.05, 4.69) is 38.0 Å². The lowest BCUT2D eigenvalue weighted by Crippen LogP contribution is -2.62. The second-order valence-corrected chi connectivity index (χ2v) is 10.7. The average molecular weight is 456 g/mol. The highest BCUT2D eigenvalue weighted by Gasteiger charge is 2.39. The molecule has 0 saturated carbocycles. The topological polar surface area (TPSA) is 105 Å². The van der Waals surface area contributed by atoms with E-state index in [1.165, 1.54) is 6.07 Å². The predicted octanol–water partition coefficient (Wildman–Crippen LogP) is 4.28. The smallest absolute Gasteiger partial charge is 0.247 e. The third kappa shape index (κ3) is 5.61. The standard InChI is InChI=1S/C24H33N5O2S/c1-23(2)12-17(13-24(3,4)28-23)29(5)22(26)32-21(25)18-9-7-15(11-19(18)31-6)16-8-10-20(30)27-14-16/h7-11,14,17,25-26,28H,12-13H2,1-6H3,(H,27,30). The Morgan fingerprint density at radius 2 is 1.72 bits per heavy atom. The molecule has 32 heavy (non-hydrogen) atoms. The molecule has 0 unspecified atom stereocenters. The van der Waals surface area contributed by atoms with Gasteiger partial charge >= 0.3 is 0 Å². The number of nitrogens with zero attached hydrogens (tertiary/aromatic N) is 1. The zero-order valence-electron chi connectivity index (χ0n) is 19.6. The molecule has 2 heterocycles. The summed E-state index contributed by atoms with van der Waals surface area (Å²) >= 11 is 1.13. The number of ether oxygens (including phenoxy) is 1. The van der Waals surface area contributed by atoms with Gasteiger partial charge in [-0.25, -0.2) is 0 Å². The fourth-order valence-electron chi connectivity index (χ4n) is 4.58. The Balaban J connectivity index is 1.75. The van der Waals surface area contributed by atoms with Crippen molar-refractivity contribution in [3.63, 3.8) is 0 Å². The molecule has 7 nitrogen and oxygen atoms in total. The Bertz CT molecular complexity index is 1040. The largest absolute Gasteiger partial charge is 0.496 e. The van der Waals surface area contributed by atoms with E-state index >= 15 is 0 Å². The van der Waals surface area contributed by atoms with Gasteiger partial charge in [-0.3, -0.25) is 15.6 Å². The van der Waals surface area contributed by atoms with Crippen LogP contribution in [0.15, 0.2) is 41.3 Å². The highest BCUT2D eigenvalue weighted by molar-refractivity contribution is 8.26. The van der Waals surface area contributed by atoms with Crippen molar-refractivity contribution in [3.05, 3.63) is 52.4 Å². The zero-order chi connectivity index (χ0) is 23.7. The third-order valence-electron chi connectivity index (χ3n) is 5.80. The van der Waals surface area contributed by atoms with Gasteiger partial charge in [-0.15, -0.1) is 0 Å². The fourth-order valence-corrected chi connectivity index (χ4v) is 5.35. The molecule has 1 aliphatic rings. The van der Waals surface area contributed by atoms with Gasteiger partial charge in [-0.05, 0) is 81.6 Å². The average Bonchev–Trinajstić information content (AvgIpc) is 2.70. The van der Waals surface area contributed by atoms with E-state index in [9.17, 15) is 4.79 Å². The molecule has 1 aliphatic heterocycles. The number of amidine groups is 1. The lowest BCUT2D eigenvalue weighted by Gasteiger charge is -2.49. The van der Waals surface area contributed by atoms with E-state index in [0.29, 0.717) is 16.5 Å². The van der Waals surface area contributed by atoms with Crippen LogP contribution in [0, 0.1) is 10.8 Å². The fraction of sp³-hybridized carbons (Fsp3) is 0.458. The number of H-pyrrole nitrogens is 1. The Hall–Kier alpha value is -2.58. The van der Waals surface area contributed by atoms with Crippen LogP contribution in [0.25, 0.3) is 11.1 Å². The van der Waals surface area contributed by atoms with E-state index < -0.39 is 0 Å². The van der Waals surface area contributed by atoms with Crippen molar-refractivity contribution in [1.82, 2.24) is 15.2 Å². The number of aromatic amines is 1.